The lowest BCUT2D eigenvalue weighted by molar-refractivity contribution is -0.142. The Morgan fingerprint density at radius 1 is 1.43 bits per heavy atom. The molecule has 1 unspecified atom stereocenters. The van der Waals surface area contributed by atoms with Crippen LogP contribution >= 0.6 is 34.2 Å². The number of halogens is 2. The number of rotatable bonds is 4. The van der Waals surface area contributed by atoms with Crippen LogP contribution in [0.2, 0.25) is 5.02 Å². The summed E-state index contributed by atoms with van der Waals surface area (Å²) in [4.78, 5) is 11.2. The van der Waals surface area contributed by atoms with E-state index in [9.17, 15) is 13.2 Å². The number of piperidine rings is 1. The molecular formula is C12H14ClIN2O4S. The van der Waals surface area contributed by atoms with Gasteiger partial charge in [-0.1, -0.05) is 11.6 Å². The maximum atomic E-state index is 12.4. The van der Waals surface area contributed by atoms with Crippen molar-refractivity contribution in [3.05, 3.63) is 26.8 Å². The van der Waals surface area contributed by atoms with E-state index in [0.717, 1.165) is 7.88 Å². The minimum atomic E-state index is -3.95. The van der Waals surface area contributed by atoms with Gasteiger partial charge < -0.3 is 5.11 Å². The fourth-order valence-corrected chi connectivity index (χ4v) is 4.64. The summed E-state index contributed by atoms with van der Waals surface area (Å²) in [6.07, 6.45) is 1.66. The summed E-state index contributed by atoms with van der Waals surface area (Å²) < 4.78 is 29.0. The highest BCUT2D eigenvalue weighted by Crippen LogP contribution is 2.27. The lowest BCUT2D eigenvalue weighted by Gasteiger charge is -2.32. The van der Waals surface area contributed by atoms with E-state index in [1.54, 1.807) is 18.2 Å². The van der Waals surface area contributed by atoms with Crippen LogP contribution in [-0.2, 0) is 15.0 Å². The third-order valence-electron chi connectivity index (χ3n) is 3.22. The maximum Gasteiger partial charge on any atom is 0.322 e. The minimum Gasteiger partial charge on any atom is -0.480 e. The van der Waals surface area contributed by atoms with Crippen LogP contribution in [0.4, 0.5) is 5.69 Å². The van der Waals surface area contributed by atoms with E-state index in [1.165, 1.54) is 0 Å². The van der Waals surface area contributed by atoms with Crippen LogP contribution in [0.5, 0.6) is 0 Å². The second-order valence-corrected chi connectivity index (χ2v) is 7.97. The standard InChI is InChI=1S/C12H14ClIN2O4S/c13-9-7-8(14)4-5-10(9)15-21(19,20)16-6-2-1-3-11(16)12(17)18/h4-5,7,11,15H,1-3,6H2,(H,17,18). The largest absolute Gasteiger partial charge is 0.480 e. The monoisotopic (exact) mass is 444 g/mol. The van der Waals surface area contributed by atoms with Gasteiger partial charge in [0.15, 0.2) is 0 Å². The van der Waals surface area contributed by atoms with Crippen molar-refractivity contribution in [2.75, 3.05) is 11.3 Å². The van der Waals surface area contributed by atoms with E-state index in [2.05, 4.69) is 27.3 Å². The molecule has 0 aromatic heterocycles. The Hall–Kier alpha value is -0.580. The van der Waals surface area contributed by atoms with E-state index >= 15 is 0 Å². The zero-order valence-electron chi connectivity index (χ0n) is 10.9. The van der Waals surface area contributed by atoms with Crippen molar-refractivity contribution in [2.45, 2.75) is 25.3 Å². The van der Waals surface area contributed by atoms with Crippen LogP contribution in [0.25, 0.3) is 0 Å². The number of nitrogens with one attached hydrogen (secondary N) is 1. The zero-order chi connectivity index (χ0) is 15.6. The fourth-order valence-electron chi connectivity index (χ4n) is 2.21. The lowest BCUT2D eigenvalue weighted by atomic mass is 10.1. The number of carbonyl (C=O) groups is 1. The van der Waals surface area contributed by atoms with E-state index in [0.29, 0.717) is 19.3 Å². The summed E-state index contributed by atoms with van der Waals surface area (Å²) in [5.74, 6) is -1.13. The Labute approximate surface area is 141 Å². The van der Waals surface area contributed by atoms with Crippen LogP contribution in [0.1, 0.15) is 19.3 Å². The van der Waals surface area contributed by atoms with Gasteiger partial charge in [-0.2, -0.15) is 12.7 Å². The molecule has 1 saturated heterocycles. The number of carboxylic acids is 1. The van der Waals surface area contributed by atoms with Gasteiger partial charge in [0, 0.05) is 10.1 Å². The molecule has 0 amide bonds. The first-order valence-electron chi connectivity index (χ1n) is 6.29. The summed E-state index contributed by atoms with van der Waals surface area (Å²) in [5.41, 5.74) is 0.242. The molecule has 0 saturated carbocycles. The Morgan fingerprint density at radius 3 is 2.76 bits per heavy atom. The molecule has 9 heteroatoms. The number of anilines is 1. The summed E-state index contributed by atoms with van der Waals surface area (Å²) in [6, 6.07) is 3.88. The summed E-state index contributed by atoms with van der Waals surface area (Å²) >= 11 is 8.07. The molecule has 1 aliphatic heterocycles. The van der Waals surface area contributed by atoms with Crippen molar-refractivity contribution < 1.29 is 18.3 Å². The number of nitrogens with zero attached hydrogens (tertiary/aromatic N) is 1. The Bertz CT molecular complexity index is 653. The molecule has 116 valence electrons. The summed E-state index contributed by atoms with van der Waals surface area (Å²) in [5, 5.41) is 9.44. The van der Waals surface area contributed by atoms with Crippen molar-refractivity contribution >= 4 is 56.1 Å². The van der Waals surface area contributed by atoms with Crippen molar-refractivity contribution in [1.82, 2.24) is 4.31 Å². The molecule has 0 aliphatic carbocycles. The van der Waals surface area contributed by atoms with Crippen molar-refractivity contribution in [3.63, 3.8) is 0 Å². The number of aliphatic carboxylic acids is 1. The molecule has 6 nitrogen and oxygen atoms in total. The molecule has 2 rings (SSSR count). The fraction of sp³-hybridized carbons (Fsp3) is 0.417. The van der Waals surface area contributed by atoms with Gasteiger partial charge in [-0.15, -0.1) is 0 Å². The molecule has 0 spiro atoms. The van der Waals surface area contributed by atoms with Crippen LogP contribution in [-0.4, -0.2) is 36.4 Å². The highest BCUT2D eigenvalue weighted by Gasteiger charge is 2.36. The van der Waals surface area contributed by atoms with Crippen molar-refractivity contribution in [1.29, 1.82) is 0 Å². The molecule has 0 bridgehead atoms. The Kier molecular flexibility index (Phi) is 5.33. The van der Waals surface area contributed by atoms with Crippen molar-refractivity contribution in [2.24, 2.45) is 0 Å². The smallest absolute Gasteiger partial charge is 0.322 e. The first kappa shape index (κ1) is 16.8. The number of hydrogen-bond donors (Lipinski definition) is 2. The van der Waals surface area contributed by atoms with E-state index in [1.807, 2.05) is 0 Å². The molecule has 1 aromatic rings. The third-order valence-corrected chi connectivity index (χ3v) is 5.73. The SMILES string of the molecule is O=C(O)C1CCCCN1S(=O)(=O)Nc1ccc(I)cc1Cl. The number of benzene rings is 1. The first-order valence-corrected chi connectivity index (χ1v) is 9.18. The van der Waals surface area contributed by atoms with Gasteiger partial charge >= 0.3 is 16.2 Å². The van der Waals surface area contributed by atoms with Crippen LogP contribution in [0.3, 0.4) is 0 Å². The topological polar surface area (TPSA) is 86.7 Å². The Morgan fingerprint density at radius 2 is 2.14 bits per heavy atom. The van der Waals surface area contributed by atoms with Crippen LogP contribution < -0.4 is 4.72 Å². The molecule has 1 fully saturated rings. The highest BCUT2D eigenvalue weighted by molar-refractivity contribution is 14.1. The second kappa shape index (κ2) is 6.67. The van der Waals surface area contributed by atoms with Crippen LogP contribution in [0.15, 0.2) is 18.2 Å². The second-order valence-electron chi connectivity index (χ2n) is 4.69. The van der Waals surface area contributed by atoms with E-state index in [-0.39, 0.29) is 17.3 Å². The molecule has 1 aliphatic rings. The third kappa shape index (κ3) is 3.99. The van der Waals surface area contributed by atoms with Crippen LogP contribution in [0, 0.1) is 3.57 Å². The Balaban J connectivity index is 2.26. The van der Waals surface area contributed by atoms with Gasteiger partial charge in [0.25, 0.3) is 0 Å². The average Bonchev–Trinajstić information content (AvgIpc) is 2.42. The quantitative estimate of drug-likeness (QED) is 0.699. The lowest BCUT2D eigenvalue weighted by Crippen LogP contribution is -2.49. The number of carboxylic acid groups (broad SMARTS) is 1. The molecule has 0 radical (unpaired) electrons. The van der Waals surface area contributed by atoms with Gasteiger partial charge in [-0.05, 0) is 60.1 Å². The van der Waals surface area contributed by atoms with Gasteiger partial charge in [0.05, 0.1) is 10.7 Å². The molecule has 21 heavy (non-hydrogen) atoms. The molecule has 2 N–H and O–H groups in total. The zero-order valence-corrected chi connectivity index (χ0v) is 14.7. The van der Waals surface area contributed by atoms with Gasteiger partial charge in [-0.3, -0.25) is 9.52 Å². The molecule has 1 aromatic carbocycles. The molecule has 1 heterocycles. The van der Waals surface area contributed by atoms with E-state index < -0.39 is 22.2 Å². The first-order chi connectivity index (χ1) is 9.81. The van der Waals surface area contributed by atoms with Gasteiger partial charge in [0.1, 0.15) is 6.04 Å². The normalized spacial score (nSPS) is 20.2. The molecule has 1 atom stereocenters. The van der Waals surface area contributed by atoms with E-state index in [4.69, 9.17) is 16.7 Å². The maximum absolute atomic E-state index is 12.4. The summed E-state index contributed by atoms with van der Waals surface area (Å²) in [6.45, 7) is 0.189. The summed E-state index contributed by atoms with van der Waals surface area (Å²) in [7, 11) is -3.95. The minimum absolute atomic E-state index is 0.189. The molecular weight excluding hydrogens is 431 g/mol. The van der Waals surface area contributed by atoms with Gasteiger partial charge in [0.2, 0.25) is 0 Å². The number of hydrogen-bond acceptors (Lipinski definition) is 3. The average molecular weight is 445 g/mol. The highest BCUT2D eigenvalue weighted by atomic mass is 127. The van der Waals surface area contributed by atoms with Crippen molar-refractivity contribution in [3.8, 4) is 0 Å². The van der Waals surface area contributed by atoms with Gasteiger partial charge in [-0.25, -0.2) is 0 Å². The predicted octanol–water partition coefficient (Wildman–Crippen LogP) is 2.54. The predicted molar refractivity (Wildman–Crippen MR) is 88.7 cm³/mol.